The zero-order chi connectivity index (χ0) is 18.3. The second-order valence-corrected chi connectivity index (χ2v) is 6.95. The molecule has 10 heteroatoms. The summed E-state index contributed by atoms with van der Waals surface area (Å²) in [5.74, 6) is -0.934. The van der Waals surface area contributed by atoms with Gasteiger partial charge in [-0.25, -0.2) is 8.42 Å². The number of halogens is 3. The molecule has 0 aliphatic heterocycles. The normalized spacial score (nSPS) is 12.2. The summed E-state index contributed by atoms with van der Waals surface area (Å²) in [5.41, 5.74) is 8.53. The van der Waals surface area contributed by atoms with E-state index in [1.165, 1.54) is 18.3 Å². The van der Waals surface area contributed by atoms with E-state index in [4.69, 9.17) is 11.5 Å². The second-order valence-electron chi connectivity index (χ2n) is 4.97. The Balaban J connectivity index is 2.92. The van der Waals surface area contributed by atoms with Gasteiger partial charge in [0.05, 0.1) is 27.4 Å². The molecule has 0 radical (unpaired) electrons. The molecule has 0 bridgehead atoms. The first-order valence-electron chi connectivity index (χ1n) is 6.39. The summed E-state index contributed by atoms with van der Waals surface area (Å²) >= 11 is 0. The highest BCUT2D eigenvalue weighted by atomic mass is 32.2. The lowest BCUT2D eigenvalue weighted by molar-refractivity contribution is -0.137. The number of amides is 1. The number of benzene rings is 1. The molecular weight excluding hydrogens is 347 g/mol. The fourth-order valence-electron chi connectivity index (χ4n) is 2.11. The minimum Gasteiger partial charge on any atom is -0.397 e. The van der Waals surface area contributed by atoms with E-state index in [1.807, 2.05) is 0 Å². The highest BCUT2D eigenvalue weighted by Crippen LogP contribution is 2.39. The Hall–Kier alpha value is -2.62. The molecule has 0 aliphatic carbocycles. The number of nitrogen functional groups attached to an aromatic ring is 1. The van der Waals surface area contributed by atoms with Crippen LogP contribution in [-0.2, 0) is 16.0 Å². The lowest BCUT2D eigenvalue weighted by Gasteiger charge is -2.15. The lowest BCUT2D eigenvalue weighted by Crippen LogP contribution is -2.15. The van der Waals surface area contributed by atoms with Gasteiger partial charge in [0.25, 0.3) is 5.91 Å². The Labute approximate surface area is 135 Å². The summed E-state index contributed by atoms with van der Waals surface area (Å²) < 4.78 is 62.8. The van der Waals surface area contributed by atoms with Crippen LogP contribution in [0.15, 0.2) is 35.4 Å². The quantitative estimate of drug-likeness (QED) is 0.811. The average molecular weight is 359 g/mol. The summed E-state index contributed by atoms with van der Waals surface area (Å²) in [7, 11) is -4.05. The van der Waals surface area contributed by atoms with Crippen LogP contribution in [0.5, 0.6) is 0 Å². The molecule has 0 saturated heterocycles. The van der Waals surface area contributed by atoms with Gasteiger partial charge in [0.2, 0.25) is 0 Å². The Kier molecular flexibility index (Phi) is 4.27. The first-order chi connectivity index (χ1) is 10.9. The number of primary amides is 1. The molecule has 6 nitrogen and oxygen atoms in total. The number of aromatic nitrogens is 1. The number of carbonyl (C=O) groups is 1. The number of nitrogens with two attached hydrogens (primary N) is 2. The van der Waals surface area contributed by atoms with E-state index in [2.05, 4.69) is 4.98 Å². The van der Waals surface area contributed by atoms with Crippen LogP contribution in [0, 0.1) is 0 Å². The predicted molar refractivity (Wildman–Crippen MR) is 80.7 cm³/mol. The molecule has 1 aromatic carbocycles. The van der Waals surface area contributed by atoms with Crippen LogP contribution in [-0.4, -0.2) is 25.6 Å². The summed E-state index contributed by atoms with van der Waals surface area (Å²) in [6.45, 7) is 0. The maximum absolute atomic E-state index is 13.1. The third kappa shape index (κ3) is 3.32. The molecule has 24 heavy (non-hydrogen) atoms. The van der Waals surface area contributed by atoms with Crippen molar-refractivity contribution >= 4 is 21.4 Å². The third-order valence-electron chi connectivity index (χ3n) is 3.20. The van der Waals surface area contributed by atoms with Gasteiger partial charge in [-0.1, -0.05) is 0 Å². The number of hydrogen-bond acceptors (Lipinski definition) is 5. The van der Waals surface area contributed by atoms with E-state index < -0.39 is 38.1 Å². The van der Waals surface area contributed by atoms with E-state index in [1.54, 1.807) is 0 Å². The van der Waals surface area contributed by atoms with Crippen molar-refractivity contribution in [2.75, 3.05) is 12.0 Å². The molecular formula is C14H12F3N3O3S. The lowest BCUT2D eigenvalue weighted by atomic mass is 10.0. The van der Waals surface area contributed by atoms with Crippen LogP contribution in [0.1, 0.15) is 15.9 Å². The van der Waals surface area contributed by atoms with Crippen LogP contribution in [0.4, 0.5) is 18.9 Å². The van der Waals surface area contributed by atoms with E-state index in [0.717, 1.165) is 6.26 Å². The van der Waals surface area contributed by atoms with Gasteiger partial charge in [-0.15, -0.1) is 0 Å². The van der Waals surface area contributed by atoms with Crippen molar-refractivity contribution < 1.29 is 26.4 Å². The van der Waals surface area contributed by atoms with Gasteiger partial charge >= 0.3 is 6.18 Å². The van der Waals surface area contributed by atoms with Gasteiger partial charge in [-0.3, -0.25) is 9.78 Å². The van der Waals surface area contributed by atoms with E-state index in [0.29, 0.717) is 12.1 Å². The average Bonchev–Trinajstić information content (AvgIpc) is 2.45. The minimum absolute atomic E-state index is 0.178. The molecule has 4 N–H and O–H groups in total. The zero-order valence-electron chi connectivity index (χ0n) is 12.3. The number of carbonyl (C=O) groups excluding carboxylic acids is 1. The Bertz CT molecular complexity index is 925. The van der Waals surface area contributed by atoms with Gasteiger partial charge < -0.3 is 11.5 Å². The fraction of sp³-hybridized carbons (Fsp3) is 0.143. The molecule has 0 unspecified atom stereocenters. The maximum atomic E-state index is 13.1. The molecule has 2 rings (SSSR count). The highest BCUT2D eigenvalue weighted by Gasteiger charge is 2.34. The van der Waals surface area contributed by atoms with Crippen molar-refractivity contribution in [2.24, 2.45) is 5.73 Å². The molecule has 1 aromatic heterocycles. The topological polar surface area (TPSA) is 116 Å². The van der Waals surface area contributed by atoms with Crippen molar-refractivity contribution in [1.82, 2.24) is 4.98 Å². The van der Waals surface area contributed by atoms with E-state index >= 15 is 0 Å². The second kappa shape index (κ2) is 5.78. The van der Waals surface area contributed by atoms with Crippen molar-refractivity contribution in [3.63, 3.8) is 0 Å². The zero-order valence-corrected chi connectivity index (χ0v) is 13.1. The minimum atomic E-state index is -4.82. The van der Waals surface area contributed by atoms with Crippen molar-refractivity contribution in [1.29, 1.82) is 0 Å². The van der Waals surface area contributed by atoms with Crippen LogP contribution >= 0.6 is 0 Å². The number of anilines is 1. The molecule has 0 saturated carbocycles. The standard InChI is InChI=1S/C14H12F3N3O3S/c1-24(22,23)10-6-7(14(15,16)17)5-9(11(10)18)12-8(13(19)21)3-2-4-20-12/h2-6H,18H2,1H3,(H2,19,21). The summed E-state index contributed by atoms with van der Waals surface area (Å²) in [6, 6.07) is 3.70. The Morgan fingerprint density at radius 3 is 2.38 bits per heavy atom. The number of hydrogen-bond donors (Lipinski definition) is 2. The van der Waals surface area contributed by atoms with E-state index in [-0.39, 0.29) is 16.8 Å². The van der Waals surface area contributed by atoms with Gasteiger partial charge in [-0.05, 0) is 24.3 Å². The Morgan fingerprint density at radius 2 is 1.88 bits per heavy atom. The molecule has 1 amide bonds. The summed E-state index contributed by atoms with van der Waals surface area (Å²) in [4.78, 5) is 14.6. The molecule has 1 heterocycles. The molecule has 0 aliphatic rings. The molecule has 0 fully saturated rings. The molecule has 128 valence electrons. The first-order valence-corrected chi connectivity index (χ1v) is 8.28. The summed E-state index contributed by atoms with van der Waals surface area (Å²) in [5, 5.41) is 0. The first kappa shape index (κ1) is 17.7. The molecule has 2 aromatic rings. The van der Waals surface area contributed by atoms with Crippen molar-refractivity contribution in [3.8, 4) is 11.3 Å². The fourth-order valence-corrected chi connectivity index (χ4v) is 2.96. The van der Waals surface area contributed by atoms with Crippen LogP contribution < -0.4 is 11.5 Å². The summed E-state index contributed by atoms with van der Waals surface area (Å²) in [6.07, 6.45) is -2.86. The van der Waals surface area contributed by atoms with Crippen molar-refractivity contribution in [3.05, 3.63) is 41.6 Å². The van der Waals surface area contributed by atoms with Gasteiger partial charge in [0, 0.05) is 18.0 Å². The van der Waals surface area contributed by atoms with Crippen LogP contribution in [0.3, 0.4) is 0 Å². The third-order valence-corrected chi connectivity index (χ3v) is 4.33. The number of sulfone groups is 1. The number of nitrogens with zero attached hydrogens (tertiary/aromatic N) is 1. The van der Waals surface area contributed by atoms with Gasteiger partial charge in [0.15, 0.2) is 9.84 Å². The Morgan fingerprint density at radius 1 is 1.25 bits per heavy atom. The van der Waals surface area contributed by atoms with Gasteiger partial charge in [-0.2, -0.15) is 13.2 Å². The number of pyridine rings is 1. The predicted octanol–water partition coefficient (Wildman–Crippen LogP) is 1.85. The van der Waals surface area contributed by atoms with E-state index in [9.17, 15) is 26.4 Å². The van der Waals surface area contributed by atoms with Crippen molar-refractivity contribution in [2.45, 2.75) is 11.1 Å². The molecule has 0 atom stereocenters. The smallest absolute Gasteiger partial charge is 0.397 e. The van der Waals surface area contributed by atoms with Crippen LogP contribution in [0.2, 0.25) is 0 Å². The highest BCUT2D eigenvalue weighted by molar-refractivity contribution is 7.90. The SMILES string of the molecule is CS(=O)(=O)c1cc(C(F)(F)F)cc(-c2ncccc2C(N)=O)c1N. The number of rotatable bonds is 3. The van der Waals surface area contributed by atoms with Crippen LogP contribution in [0.25, 0.3) is 11.3 Å². The number of alkyl halides is 3. The maximum Gasteiger partial charge on any atom is 0.416 e. The largest absolute Gasteiger partial charge is 0.416 e. The monoisotopic (exact) mass is 359 g/mol. The van der Waals surface area contributed by atoms with Gasteiger partial charge in [0.1, 0.15) is 0 Å². The molecule has 0 spiro atoms.